The van der Waals surface area contributed by atoms with Gasteiger partial charge in [-0.1, -0.05) is 29.6 Å². The van der Waals surface area contributed by atoms with Gasteiger partial charge in [-0.15, -0.1) is 0 Å². The van der Waals surface area contributed by atoms with Gasteiger partial charge < -0.3 is 14.3 Å². The molecule has 1 aromatic rings. The topological polar surface area (TPSA) is 40.0 Å². The van der Waals surface area contributed by atoms with Crippen LogP contribution in [0.1, 0.15) is 46.0 Å². The maximum atomic E-state index is 14.2. The Balaban J connectivity index is 2.24. The highest BCUT2D eigenvalue weighted by Crippen LogP contribution is 2.32. The van der Waals surface area contributed by atoms with Gasteiger partial charge in [0, 0.05) is 12.1 Å². The predicted molar refractivity (Wildman–Crippen MR) is 116 cm³/mol. The molecule has 1 rings (SSSR count). The number of halogens is 4. The summed E-state index contributed by atoms with van der Waals surface area (Å²) in [4.78, 5) is 5.14. The van der Waals surface area contributed by atoms with E-state index in [1.54, 1.807) is 12.1 Å². The van der Waals surface area contributed by atoms with E-state index < -0.39 is 5.82 Å². The number of hydrogen-bond acceptors (Lipinski definition) is 4. The molecule has 0 radical (unpaired) electrons. The largest absolute Gasteiger partial charge is 0.489 e. The second-order valence-corrected chi connectivity index (χ2v) is 9.19. The van der Waals surface area contributed by atoms with Crippen molar-refractivity contribution in [1.82, 2.24) is 0 Å². The number of unbranched alkanes of at least 4 members (excludes halogenated alkanes) is 4. The van der Waals surface area contributed by atoms with Crippen LogP contribution in [0.4, 0.5) is 4.39 Å². The van der Waals surface area contributed by atoms with Crippen molar-refractivity contribution in [2.75, 3.05) is 19.8 Å². The van der Waals surface area contributed by atoms with Crippen molar-refractivity contribution >= 4 is 49.2 Å². The Hall–Kier alpha value is -0.790. The molecule has 0 aliphatic heterocycles. The maximum Gasteiger partial charge on any atom is 0.173 e. The molecule has 0 fully saturated rings. The molecule has 1 aromatic carbocycles. The van der Waals surface area contributed by atoms with E-state index in [0.717, 1.165) is 41.2 Å². The summed E-state index contributed by atoms with van der Waals surface area (Å²) in [5, 5.41) is 4.09. The molecule has 4 nitrogen and oxygen atoms in total. The van der Waals surface area contributed by atoms with Gasteiger partial charge in [0.25, 0.3) is 0 Å². The number of ether oxygens (including phenoxy) is 2. The second kappa shape index (κ2) is 14.2. The molecule has 0 spiro atoms. The van der Waals surface area contributed by atoms with Crippen molar-refractivity contribution in [2.24, 2.45) is 5.16 Å². The average Bonchev–Trinajstić information content (AvgIpc) is 2.58. The van der Waals surface area contributed by atoms with E-state index in [1.165, 1.54) is 6.07 Å². The first-order valence-corrected chi connectivity index (χ1v) is 10.8. The van der Waals surface area contributed by atoms with Gasteiger partial charge in [0.15, 0.2) is 11.6 Å². The van der Waals surface area contributed by atoms with E-state index in [-0.39, 0.29) is 17.4 Å². The average molecular weight is 530 g/mol. The molecule has 0 aliphatic carbocycles. The van der Waals surface area contributed by atoms with Gasteiger partial charge in [-0.2, -0.15) is 0 Å². The van der Waals surface area contributed by atoms with E-state index in [9.17, 15) is 4.39 Å². The Kier molecular flexibility index (Phi) is 12.8. The van der Waals surface area contributed by atoms with Crippen LogP contribution in [0.25, 0.3) is 0 Å². The smallest absolute Gasteiger partial charge is 0.173 e. The maximum absolute atomic E-state index is 14.2. The third-order valence-electron chi connectivity index (χ3n) is 3.33. The molecule has 0 aliphatic rings. The van der Waals surface area contributed by atoms with E-state index in [2.05, 4.69) is 37.0 Å². The molecule has 0 saturated heterocycles. The third-order valence-corrected chi connectivity index (χ3v) is 4.26. The Morgan fingerprint density at radius 2 is 1.74 bits per heavy atom. The summed E-state index contributed by atoms with van der Waals surface area (Å²) >= 11 is 12.5. The van der Waals surface area contributed by atoms with Crippen molar-refractivity contribution in [2.45, 2.75) is 46.0 Å². The molecule has 0 unspecified atom stereocenters. The number of rotatable bonds is 13. The first-order valence-electron chi connectivity index (χ1n) is 8.79. The predicted octanol–water partition coefficient (Wildman–Crippen LogP) is 7.23. The number of benzene rings is 1. The van der Waals surface area contributed by atoms with E-state index >= 15 is 0 Å². The Bertz CT molecular complexity index is 610. The minimum absolute atomic E-state index is 0.0717. The number of oxime groups is 1. The monoisotopic (exact) mass is 527 g/mol. The highest BCUT2D eigenvalue weighted by molar-refractivity contribution is 9.28. The van der Waals surface area contributed by atoms with Gasteiger partial charge in [-0.05, 0) is 71.0 Å². The minimum atomic E-state index is -0.525. The van der Waals surface area contributed by atoms with Crippen LogP contribution in [0.5, 0.6) is 11.5 Å². The van der Waals surface area contributed by atoms with Gasteiger partial charge in [-0.3, -0.25) is 0 Å². The fraction of sp³-hybridized carbons (Fsp3) is 0.526. The van der Waals surface area contributed by atoms with Crippen LogP contribution >= 0.6 is 43.5 Å². The Morgan fingerprint density at radius 1 is 1.07 bits per heavy atom. The lowest BCUT2D eigenvalue weighted by Gasteiger charge is -2.11. The standard InChI is InChI=1S/C19H25Br2ClFNO3/c1-14(2)24-27-10-7-5-3-4-6-9-26-19-16(22)12-15(13-17(19)23)25-11-8-18(20)21/h8,12-13H,3-7,9-11H2,1-2H3. The van der Waals surface area contributed by atoms with Crippen LogP contribution in [0.2, 0.25) is 5.02 Å². The van der Waals surface area contributed by atoms with Crippen LogP contribution < -0.4 is 9.47 Å². The van der Waals surface area contributed by atoms with E-state index in [0.29, 0.717) is 19.0 Å². The lowest BCUT2D eigenvalue weighted by molar-refractivity contribution is 0.139. The summed E-state index contributed by atoms with van der Waals surface area (Å²) in [6.45, 7) is 5.15. The molecule has 0 aromatic heterocycles. The van der Waals surface area contributed by atoms with Crippen LogP contribution in [0.3, 0.4) is 0 Å². The lowest BCUT2D eigenvalue weighted by atomic mass is 10.1. The Morgan fingerprint density at radius 3 is 2.37 bits per heavy atom. The van der Waals surface area contributed by atoms with Gasteiger partial charge in [0.05, 0.1) is 20.7 Å². The first kappa shape index (κ1) is 24.2. The molecule has 8 heteroatoms. The van der Waals surface area contributed by atoms with Crippen LogP contribution in [0, 0.1) is 5.82 Å². The zero-order valence-electron chi connectivity index (χ0n) is 15.6. The molecule has 0 heterocycles. The van der Waals surface area contributed by atoms with E-state index in [1.807, 2.05) is 13.8 Å². The van der Waals surface area contributed by atoms with Crippen LogP contribution in [0.15, 0.2) is 26.8 Å². The van der Waals surface area contributed by atoms with Crippen molar-refractivity contribution in [3.63, 3.8) is 0 Å². The lowest BCUT2D eigenvalue weighted by Crippen LogP contribution is -2.01. The molecule has 0 saturated carbocycles. The molecule has 0 bridgehead atoms. The minimum Gasteiger partial charge on any atom is -0.489 e. The fourth-order valence-electron chi connectivity index (χ4n) is 2.11. The normalized spacial score (nSPS) is 10.3. The second-order valence-electron chi connectivity index (χ2n) is 6.01. The van der Waals surface area contributed by atoms with Crippen molar-refractivity contribution < 1.29 is 18.7 Å². The van der Waals surface area contributed by atoms with Gasteiger partial charge in [0.1, 0.15) is 19.0 Å². The van der Waals surface area contributed by atoms with Crippen molar-refractivity contribution in [3.05, 3.63) is 32.4 Å². The molecular weight excluding hydrogens is 504 g/mol. The highest BCUT2D eigenvalue weighted by Gasteiger charge is 2.12. The summed E-state index contributed by atoms with van der Waals surface area (Å²) in [7, 11) is 0. The van der Waals surface area contributed by atoms with Crippen molar-refractivity contribution in [1.29, 1.82) is 0 Å². The van der Waals surface area contributed by atoms with Gasteiger partial charge in [0.2, 0.25) is 0 Å². The molecule has 0 amide bonds. The number of hydrogen-bond donors (Lipinski definition) is 0. The van der Waals surface area contributed by atoms with Crippen LogP contribution in [-0.2, 0) is 4.84 Å². The first-order chi connectivity index (χ1) is 12.9. The van der Waals surface area contributed by atoms with Gasteiger partial charge in [-0.25, -0.2) is 4.39 Å². The quantitative estimate of drug-likeness (QED) is 0.154. The number of nitrogens with zero attached hydrogens (tertiary/aromatic N) is 1. The zero-order chi connectivity index (χ0) is 20.1. The summed E-state index contributed by atoms with van der Waals surface area (Å²) in [5.74, 6) is -0.0992. The summed E-state index contributed by atoms with van der Waals surface area (Å²) in [6.07, 6.45) is 6.70. The SMILES string of the molecule is CC(C)=NOCCCCCCCOc1c(F)cc(OCC=C(Br)Br)cc1Cl. The van der Waals surface area contributed by atoms with E-state index in [4.69, 9.17) is 25.9 Å². The molecule has 27 heavy (non-hydrogen) atoms. The third kappa shape index (κ3) is 11.6. The molecule has 0 atom stereocenters. The fourth-order valence-corrected chi connectivity index (χ4v) is 2.62. The van der Waals surface area contributed by atoms with Crippen molar-refractivity contribution in [3.8, 4) is 11.5 Å². The summed E-state index contributed by atoms with van der Waals surface area (Å²) in [5.41, 5.74) is 0.918. The summed E-state index contributed by atoms with van der Waals surface area (Å²) < 4.78 is 25.8. The molecule has 0 N–H and O–H groups in total. The molecule has 152 valence electrons. The summed E-state index contributed by atoms with van der Waals surface area (Å²) in [6, 6.07) is 2.83. The highest BCUT2D eigenvalue weighted by atomic mass is 79.9. The van der Waals surface area contributed by atoms with Gasteiger partial charge >= 0.3 is 0 Å². The molecular formula is C19H25Br2ClFNO3. The Labute approximate surface area is 182 Å². The van der Waals surface area contributed by atoms with Crippen LogP contribution in [-0.4, -0.2) is 25.5 Å². The zero-order valence-corrected chi connectivity index (χ0v) is 19.5.